The summed E-state index contributed by atoms with van der Waals surface area (Å²) in [4.78, 5) is 13.5. The van der Waals surface area contributed by atoms with E-state index in [1.54, 1.807) is 4.90 Å². The molecular weight excluding hydrogens is 246 g/mol. The third-order valence-electron chi connectivity index (χ3n) is 3.10. The zero-order valence-corrected chi connectivity index (χ0v) is 10.8. The van der Waals surface area contributed by atoms with E-state index < -0.39 is 0 Å². The molecule has 1 fully saturated rings. The minimum Gasteiger partial charge on any atom is -0.445 e. The molecule has 0 aliphatic carbocycles. The molecule has 1 aromatic rings. The smallest absolute Gasteiger partial charge is 0.410 e. The van der Waals surface area contributed by atoms with Crippen LogP contribution in [-0.4, -0.2) is 48.5 Å². The van der Waals surface area contributed by atoms with E-state index in [0.717, 1.165) is 5.56 Å². The monoisotopic (exact) mass is 265 g/mol. The maximum atomic E-state index is 11.9. The maximum Gasteiger partial charge on any atom is 0.410 e. The van der Waals surface area contributed by atoms with Gasteiger partial charge in [0, 0.05) is 13.1 Å². The second-order valence-corrected chi connectivity index (χ2v) is 4.49. The Morgan fingerprint density at radius 1 is 1.37 bits per heavy atom. The lowest BCUT2D eigenvalue weighted by Gasteiger charge is -2.19. The molecule has 1 aliphatic heterocycles. The highest BCUT2D eigenvalue weighted by molar-refractivity contribution is 5.67. The fraction of sp³-hybridized carbons (Fsp3) is 0.500. The van der Waals surface area contributed by atoms with Crippen molar-refractivity contribution >= 4 is 6.09 Å². The molecule has 0 saturated carbocycles. The standard InChI is InChI=1S/C14H19NO4/c16-10-13-6-7-15(8-9-18-13)14(17)19-11-12-4-2-1-3-5-12/h1-5,13,16H,6-11H2. The summed E-state index contributed by atoms with van der Waals surface area (Å²) in [7, 11) is 0. The first-order valence-corrected chi connectivity index (χ1v) is 6.47. The third kappa shape index (κ3) is 4.22. The molecule has 1 atom stereocenters. The number of carbonyl (C=O) groups excluding carboxylic acids is 1. The maximum absolute atomic E-state index is 11.9. The van der Waals surface area contributed by atoms with Gasteiger partial charge in [-0.05, 0) is 12.0 Å². The van der Waals surface area contributed by atoms with Crippen LogP contribution in [0.3, 0.4) is 0 Å². The van der Waals surface area contributed by atoms with Crippen LogP contribution < -0.4 is 0 Å². The lowest BCUT2D eigenvalue weighted by molar-refractivity contribution is 0.0207. The number of hydrogen-bond acceptors (Lipinski definition) is 4. The van der Waals surface area contributed by atoms with Crippen LogP contribution in [0.5, 0.6) is 0 Å². The van der Waals surface area contributed by atoms with E-state index in [0.29, 0.717) is 26.1 Å². The van der Waals surface area contributed by atoms with Crippen LogP contribution in [0.1, 0.15) is 12.0 Å². The first-order valence-electron chi connectivity index (χ1n) is 6.47. The predicted molar refractivity (Wildman–Crippen MR) is 69.6 cm³/mol. The second kappa shape index (κ2) is 7.11. The molecule has 0 bridgehead atoms. The number of amides is 1. The second-order valence-electron chi connectivity index (χ2n) is 4.49. The van der Waals surface area contributed by atoms with Crippen LogP contribution in [0.2, 0.25) is 0 Å². The van der Waals surface area contributed by atoms with Gasteiger partial charge in [-0.2, -0.15) is 0 Å². The minimum absolute atomic E-state index is 0.00704. The Hall–Kier alpha value is -1.59. The molecule has 1 unspecified atom stereocenters. The van der Waals surface area contributed by atoms with E-state index in [-0.39, 0.29) is 25.4 Å². The number of benzene rings is 1. The van der Waals surface area contributed by atoms with Crippen molar-refractivity contribution in [1.82, 2.24) is 4.90 Å². The first kappa shape index (κ1) is 13.8. The van der Waals surface area contributed by atoms with Crippen molar-refractivity contribution in [2.75, 3.05) is 26.3 Å². The molecule has 5 nitrogen and oxygen atoms in total. The van der Waals surface area contributed by atoms with Crippen LogP contribution in [0, 0.1) is 0 Å². The fourth-order valence-electron chi connectivity index (χ4n) is 1.96. The van der Waals surface area contributed by atoms with Crippen LogP contribution in [-0.2, 0) is 16.1 Å². The lowest BCUT2D eigenvalue weighted by atomic mass is 10.2. The summed E-state index contributed by atoms with van der Waals surface area (Å²) in [5.74, 6) is 0. The summed E-state index contributed by atoms with van der Waals surface area (Å²) in [6.45, 7) is 1.77. The fourth-order valence-corrected chi connectivity index (χ4v) is 1.96. The average molecular weight is 265 g/mol. The summed E-state index contributed by atoms with van der Waals surface area (Å²) in [6.07, 6.45) is 0.134. The summed E-state index contributed by atoms with van der Waals surface area (Å²) in [6, 6.07) is 9.58. The topological polar surface area (TPSA) is 59.0 Å². The molecule has 0 spiro atoms. The summed E-state index contributed by atoms with van der Waals surface area (Å²) in [5.41, 5.74) is 0.968. The largest absolute Gasteiger partial charge is 0.445 e. The number of rotatable bonds is 3. The van der Waals surface area contributed by atoms with Gasteiger partial charge in [0.1, 0.15) is 6.61 Å². The number of aliphatic hydroxyl groups is 1. The zero-order chi connectivity index (χ0) is 13.5. The first-order chi connectivity index (χ1) is 9.29. The number of carbonyl (C=O) groups is 1. The van der Waals surface area contributed by atoms with Gasteiger partial charge in [0.15, 0.2) is 0 Å². The lowest BCUT2D eigenvalue weighted by Crippen LogP contribution is -2.33. The Bertz CT molecular complexity index is 396. The Kier molecular flexibility index (Phi) is 5.18. The van der Waals surface area contributed by atoms with Crippen molar-refractivity contribution in [1.29, 1.82) is 0 Å². The van der Waals surface area contributed by atoms with Crippen molar-refractivity contribution in [3.63, 3.8) is 0 Å². The molecule has 104 valence electrons. The normalized spacial score (nSPS) is 19.8. The summed E-state index contributed by atoms with van der Waals surface area (Å²) in [5, 5.41) is 9.03. The van der Waals surface area contributed by atoms with E-state index in [1.165, 1.54) is 0 Å². The molecule has 2 rings (SSSR count). The number of hydrogen-bond donors (Lipinski definition) is 1. The van der Waals surface area contributed by atoms with E-state index >= 15 is 0 Å². The predicted octanol–water partition coefficient (Wildman–Crippen LogP) is 1.41. The average Bonchev–Trinajstić information content (AvgIpc) is 2.71. The van der Waals surface area contributed by atoms with E-state index in [4.69, 9.17) is 14.6 Å². The Morgan fingerprint density at radius 3 is 2.89 bits per heavy atom. The Balaban J connectivity index is 1.79. The number of nitrogens with zero attached hydrogens (tertiary/aromatic N) is 1. The Labute approximate surface area is 112 Å². The van der Waals surface area contributed by atoms with Gasteiger partial charge in [-0.25, -0.2) is 4.79 Å². The van der Waals surface area contributed by atoms with Gasteiger partial charge in [-0.3, -0.25) is 0 Å². The highest BCUT2D eigenvalue weighted by Crippen LogP contribution is 2.09. The van der Waals surface area contributed by atoms with Crippen LogP contribution in [0.25, 0.3) is 0 Å². The van der Waals surface area contributed by atoms with Crippen molar-refractivity contribution in [2.24, 2.45) is 0 Å². The molecule has 1 aromatic carbocycles. The van der Waals surface area contributed by atoms with Gasteiger partial charge >= 0.3 is 6.09 Å². The van der Waals surface area contributed by atoms with Gasteiger partial charge in [0.05, 0.1) is 19.3 Å². The van der Waals surface area contributed by atoms with Gasteiger partial charge in [0.25, 0.3) is 0 Å². The molecular formula is C14H19NO4. The Morgan fingerprint density at radius 2 is 2.16 bits per heavy atom. The van der Waals surface area contributed by atoms with E-state index in [1.807, 2.05) is 30.3 Å². The van der Waals surface area contributed by atoms with Gasteiger partial charge in [-0.1, -0.05) is 30.3 Å². The third-order valence-corrected chi connectivity index (χ3v) is 3.10. The highest BCUT2D eigenvalue weighted by atomic mass is 16.6. The van der Waals surface area contributed by atoms with E-state index in [2.05, 4.69) is 0 Å². The number of ether oxygens (including phenoxy) is 2. The molecule has 0 aromatic heterocycles. The van der Waals surface area contributed by atoms with Crippen molar-refractivity contribution in [2.45, 2.75) is 19.1 Å². The molecule has 1 saturated heterocycles. The van der Waals surface area contributed by atoms with Crippen LogP contribution in [0.15, 0.2) is 30.3 Å². The van der Waals surface area contributed by atoms with Gasteiger partial charge < -0.3 is 19.5 Å². The number of aliphatic hydroxyl groups excluding tert-OH is 1. The quantitative estimate of drug-likeness (QED) is 0.897. The summed E-state index contributed by atoms with van der Waals surface area (Å²) >= 11 is 0. The minimum atomic E-state index is -0.328. The highest BCUT2D eigenvalue weighted by Gasteiger charge is 2.21. The van der Waals surface area contributed by atoms with Crippen LogP contribution >= 0.6 is 0 Å². The van der Waals surface area contributed by atoms with Crippen molar-refractivity contribution in [3.8, 4) is 0 Å². The SMILES string of the molecule is O=C(OCc1ccccc1)N1CCOC(CO)CC1. The molecule has 1 N–H and O–H groups in total. The zero-order valence-electron chi connectivity index (χ0n) is 10.8. The van der Waals surface area contributed by atoms with Crippen LogP contribution in [0.4, 0.5) is 4.79 Å². The van der Waals surface area contributed by atoms with Crippen molar-refractivity contribution in [3.05, 3.63) is 35.9 Å². The molecule has 19 heavy (non-hydrogen) atoms. The van der Waals surface area contributed by atoms with Gasteiger partial charge in [-0.15, -0.1) is 0 Å². The molecule has 0 radical (unpaired) electrons. The molecule has 1 heterocycles. The van der Waals surface area contributed by atoms with E-state index in [9.17, 15) is 4.79 Å². The molecule has 1 aliphatic rings. The van der Waals surface area contributed by atoms with Gasteiger partial charge in [0.2, 0.25) is 0 Å². The van der Waals surface area contributed by atoms with Crippen molar-refractivity contribution < 1.29 is 19.4 Å². The summed E-state index contributed by atoms with van der Waals surface area (Å²) < 4.78 is 10.7. The molecule has 5 heteroatoms. The molecule has 1 amide bonds.